The highest BCUT2D eigenvalue weighted by Gasteiger charge is 2.22. The summed E-state index contributed by atoms with van der Waals surface area (Å²) in [6.45, 7) is 0.198. The summed E-state index contributed by atoms with van der Waals surface area (Å²) in [5.41, 5.74) is 6.18. The minimum absolute atomic E-state index is 0.0268. The lowest BCUT2D eigenvalue weighted by Gasteiger charge is -2.09. The van der Waals surface area contributed by atoms with E-state index in [0.29, 0.717) is 24.0 Å². The summed E-state index contributed by atoms with van der Waals surface area (Å²) in [6.07, 6.45) is 2.41. The number of hydrogen-bond donors (Lipinski definition) is 3. The van der Waals surface area contributed by atoms with Gasteiger partial charge in [-0.2, -0.15) is 0 Å². The second-order valence-corrected chi connectivity index (χ2v) is 4.77. The third-order valence-electron chi connectivity index (χ3n) is 2.89. The standard InChI is InChI=1S/C14H19N3O3/c15-11-3-1-2-4-12(11)20-9-14(19)16-8-7-13(18)17-10-5-6-10/h1-4,10H,5-9,15H2,(H,16,19)(H,17,18). The molecule has 0 aromatic heterocycles. The Morgan fingerprint density at radius 3 is 2.70 bits per heavy atom. The zero-order valence-electron chi connectivity index (χ0n) is 11.2. The van der Waals surface area contributed by atoms with Gasteiger partial charge in [0.2, 0.25) is 5.91 Å². The molecule has 0 spiro atoms. The second kappa shape index (κ2) is 6.79. The van der Waals surface area contributed by atoms with Crippen LogP contribution in [-0.4, -0.2) is 31.0 Å². The minimum atomic E-state index is -0.271. The summed E-state index contributed by atoms with van der Waals surface area (Å²) < 4.78 is 5.29. The molecule has 0 unspecified atom stereocenters. The van der Waals surface area contributed by atoms with Gasteiger partial charge in [-0.05, 0) is 25.0 Å². The maximum atomic E-state index is 11.5. The molecule has 1 saturated carbocycles. The number of para-hydroxylation sites is 2. The number of anilines is 1. The molecule has 6 nitrogen and oxygen atoms in total. The second-order valence-electron chi connectivity index (χ2n) is 4.77. The average molecular weight is 277 g/mol. The maximum Gasteiger partial charge on any atom is 0.257 e. The molecule has 108 valence electrons. The maximum absolute atomic E-state index is 11.5. The van der Waals surface area contributed by atoms with Crippen molar-refractivity contribution in [1.82, 2.24) is 10.6 Å². The van der Waals surface area contributed by atoms with Crippen LogP contribution in [0.1, 0.15) is 19.3 Å². The highest BCUT2D eigenvalue weighted by atomic mass is 16.5. The van der Waals surface area contributed by atoms with Crippen LogP contribution in [0.4, 0.5) is 5.69 Å². The first kappa shape index (κ1) is 14.2. The van der Waals surface area contributed by atoms with Crippen LogP contribution in [0.2, 0.25) is 0 Å². The van der Waals surface area contributed by atoms with Crippen molar-refractivity contribution in [2.75, 3.05) is 18.9 Å². The van der Waals surface area contributed by atoms with E-state index in [4.69, 9.17) is 10.5 Å². The van der Waals surface area contributed by atoms with Gasteiger partial charge in [0.15, 0.2) is 6.61 Å². The number of benzene rings is 1. The molecule has 1 fully saturated rings. The van der Waals surface area contributed by atoms with Gasteiger partial charge in [0.25, 0.3) is 5.91 Å². The number of nitrogens with one attached hydrogen (secondary N) is 2. The highest BCUT2D eigenvalue weighted by Crippen LogP contribution is 2.19. The lowest BCUT2D eigenvalue weighted by atomic mass is 10.3. The Balaban J connectivity index is 1.60. The van der Waals surface area contributed by atoms with Crippen LogP contribution in [0.15, 0.2) is 24.3 Å². The molecule has 1 aromatic carbocycles. The van der Waals surface area contributed by atoms with Crippen molar-refractivity contribution in [3.8, 4) is 5.75 Å². The van der Waals surface area contributed by atoms with E-state index in [-0.39, 0.29) is 24.8 Å². The molecule has 1 aliphatic carbocycles. The van der Waals surface area contributed by atoms with Crippen LogP contribution in [0.3, 0.4) is 0 Å². The van der Waals surface area contributed by atoms with Crippen LogP contribution in [0.5, 0.6) is 5.75 Å². The first-order valence-electron chi connectivity index (χ1n) is 6.68. The van der Waals surface area contributed by atoms with Gasteiger partial charge in [-0.25, -0.2) is 0 Å². The quantitative estimate of drug-likeness (QED) is 0.630. The third-order valence-corrected chi connectivity index (χ3v) is 2.89. The molecular weight excluding hydrogens is 258 g/mol. The number of nitrogen functional groups attached to an aromatic ring is 1. The lowest BCUT2D eigenvalue weighted by molar-refractivity contribution is -0.123. The van der Waals surface area contributed by atoms with Crippen molar-refractivity contribution in [2.45, 2.75) is 25.3 Å². The van der Waals surface area contributed by atoms with Crippen molar-refractivity contribution in [3.05, 3.63) is 24.3 Å². The Hall–Kier alpha value is -2.24. The molecule has 0 radical (unpaired) electrons. The minimum Gasteiger partial charge on any atom is -0.482 e. The number of hydrogen-bond acceptors (Lipinski definition) is 4. The van der Waals surface area contributed by atoms with Gasteiger partial charge in [0.1, 0.15) is 5.75 Å². The van der Waals surface area contributed by atoms with Gasteiger partial charge < -0.3 is 21.1 Å². The van der Waals surface area contributed by atoms with Crippen molar-refractivity contribution in [3.63, 3.8) is 0 Å². The molecule has 6 heteroatoms. The summed E-state index contributed by atoms with van der Waals surface area (Å²) in [7, 11) is 0. The fraction of sp³-hybridized carbons (Fsp3) is 0.429. The van der Waals surface area contributed by atoms with Crippen LogP contribution in [-0.2, 0) is 9.59 Å². The van der Waals surface area contributed by atoms with Crippen molar-refractivity contribution < 1.29 is 14.3 Å². The van der Waals surface area contributed by atoms with E-state index >= 15 is 0 Å². The van der Waals surface area contributed by atoms with E-state index in [0.717, 1.165) is 12.8 Å². The normalized spacial score (nSPS) is 13.6. The van der Waals surface area contributed by atoms with Gasteiger partial charge in [-0.15, -0.1) is 0 Å². The predicted octanol–water partition coefficient (Wildman–Crippen LogP) is 0.432. The number of carbonyl (C=O) groups excluding carboxylic acids is 2. The molecule has 20 heavy (non-hydrogen) atoms. The molecule has 0 heterocycles. The van der Waals surface area contributed by atoms with Crippen molar-refractivity contribution in [2.24, 2.45) is 0 Å². The summed E-state index contributed by atoms with van der Waals surface area (Å²) in [4.78, 5) is 22.9. The lowest BCUT2D eigenvalue weighted by Crippen LogP contribution is -2.34. The molecule has 1 aromatic rings. The number of ether oxygens (including phenoxy) is 1. The van der Waals surface area contributed by atoms with E-state index in [9.17, 15) is 9.59 Å². The van der Waals surface area contributed by atoms with Gasteiger partial charge in [-0.1, -0.05) is 12.1 Å². The van der Waals surface area contributed by atoms with Crippen LogP contribution >= 0.6 is 0 Å². The first-order valence-corrected chi connectivity index (χ1v) is 6.68. The Morgan fingerprint density at radius 1 is 1.25 bits per heavy atom. The number of amides is 2. The molecule has 2 rings (SSSR count). The van der Waals surface area contributed by atoms with Crippen LogP contribution in [0, 0.1) is 0 Å². The zero-order chi connectivity index (χ0) is 14.4. The highest BCUT2D eigenvalue weighted by molar-refractivity contribution is 5.80. The molecule has 4 N–H and O–H groups in total. The Bertz CT molecular complexity index is 486. The topological polar surface area (TPSA) is 93.4 Å². The molecule has 0 atom stereocenters. The number of carbonyl (C=O) groups is 2. The van der Waals surface area contributed by atoms with Gasteiger partial charge in [-0.3, -0.25) is 9.59 Å². The Morgan fingerprint density at radius 2 is 2.00 bits per heavy atom. The van der Waals surface area contributed by atoms with Gasteiger partial charge >= 0.3 is 0 Å². The monoisotopic (exact) mass is 277 g/mol. The third kappa shape index (κ3) is 4.79. The SMILES string of the molecule is Nc1ccccc1OCC(=O)NCCC(=O)NC1CC1. The van der Waals surface area contributed by atoms with E-state index in [1.54, 1.807) is 24.3 Å². The fourth-order valence-electron chi connectivity index (χ4n) is 1.65. The van der Waals surface area contributed by atoms with Crippen molar-refractivity contribution >= 4 is 17.5 Å². The van der Waals surface area contributed by atoms with Crippen LogP contribution < -0.4 is 21.1 Å². The van der Waals surface area contributed by atoms with E-state index in [1.807, 2.05) is 0 Å². The molecule has 0 saturated heterocycles. The Kier molecular flexibility index (Phi) is 4.81. The smallest absolute Gasteiger partial charge is 0.257 e. The largest absolute Gasteiger partial charge is 0.482 e. The summed E-state index contributed by atoms with van der Waals surface area (Å²) in [5, 5.41) is 5.49. The van der Waals surface area contributed by atoms with E-state index in [1.165, 1.54) is 0 Å². The summed E-state index contributed by atoms with van der Waals surface area (Å²) >= 11 is 0. The molecule has 2 amide bonds. The number of rotatable bonds is 7. The van der Waals surface area contributed by atoms with Gasteiger partial charge in [0, 0.05) is 19.0 Å². The zero-order valence-corrected chi connectivity index (χ0v) is 11.2. The van der Waals surface area contributed by atoms with Gasteiger partial charge in [0.05, 0.1) is 5.69 Å². The predicted molar refractivity (Wildman–Crippen MR) is 75.1 cm³/mol. The van der Waals surface area contributed by atoms with E-state index < -0.39 is 0 Å². The summed E-state index contributed by atoms with van der Waals surface area (Å²) in [6, 6.07) is 7.33. The molecular formula is C14H19N3O3. The average Bonchev–Trinajstić information content (AvgIpc) is 3.21. The molecule has 0 bridgehead atoms. The number of nitrogens with two attached hydrogens (primary N) is 1. The Labute approximate surface area is 117 Å². The summed E-state index contributed by atoms with van der Waals surface area (Å²) in [5.74, 6) is 0.183. The molecule has 1 aliphatic rings. The first-order chi connectivity index (χ1) is 9.65. The van der Waals surface area contributed by atoms with E-state index in [2.05, 4.69) is 10.6 Å². The van der Waals surface area contributed by atoms with Crippen LogP contribution in [0.25, 0.3) is 0 Å². The molecule has 0 aliphatic heterocycles. The van der Waals surface area contributed by atoms with Crippen molar-refractivity contribution in [1.29, 1.82) is 0 Å². The fourth-order valence-corrected chi connectivity index (χ4v) is 1.65.